The quantitative estimate of drug-likeness (QED) is 0.472. The lowest BCUT2D eigenvalue weighted by atomic mass is 10.2. The lowest BCUT2D eigenvalue weighted by Gasteiger charge is -2.13. The maximum absolute atomic E-state index is 12.2. The van der Waals surface area contributed by atoms with Crippen molar-refractivity contribution in [3.63, 3.8) is 0 Å². The molecule has 1 atom stereocenters. The van der Waals surface area contributed by atoms with E-state index in [2.05, 4.69) is 15.3 Å². The number of imidazole rings is 1. The second-order valence-corrected chi connectivity index (χ2v) is 5.71. The fraction of sp³-hybridized carbons (Fsp3) is 0.312. The molecule has 0 aliphatic carbocycles. The molecule has 3 aromatic rings. The molecule has 0 aliphatic rings. The van der Waals surface area contributed by atoms with E-state index in [0.717, 1.165) is 5.56 Å². The summed E-state index contributed by atoms with van der Waals surface area (Å²) < 4.78 is 2.70. The maximum atomic E-state index is 12.2. The Kier molecular flexibility index (Phi) is 4.68. The SMILES string of the molecule is Cn1c(=O)[nH]c(=O)c2c1nc(NCc1ccccc1)n2CC(O)CO. The van der Waals surface area contributed by atoms with Gasteiger partial charge in [-0.15, -0.1) is 0 Å². The number of rotatable bonds is 6. The van der Waals surface area contributed by atoms with Crippen LogP contribution in [0.3, 0.4) is 0 Å². The fourth-order valence-electron chi connectivity index (χ4n) is 2.59. The molecule has 2 heterocycles. The van der Waals surface area contributed by atoms with Crippen LogP contribution in [0.5, 0.6) is 0 Å². The smallest absolute Gasteiger partial charge is 0.329 e. The zero-order valence-electron chi connectivity index (χ0n) is 13.6. The zero-order chi connectivity index (χ0) is 18.0. The first kappa shape index (κ1) is 16.9. The van der Waals surface area contributed by atoms with Gasteiger partial charge in [-0.2, -0.15) is 4.98 Å². The number of H-pyrrole nitrogens is 1. The monoisotopic (exact) mass is 345 g/mol. The van der Waals surface area contributed by atoms with E-state index in [0.29, 0.717) is 12.5 Å². The number of aliphatic hydroxyl groups is 2. The Morgan fingerprint density at radius 2 is 2.00 bits per heavy atom. The second-order valence-electron chi connectivity index (χ2n) is 5.71. The predicted octanol–water partition coefficient (Wildman–Crippen LogP) is -0.611. The third kappa shape index (κ3) is 3.32. The molecule has 1 unspecified atom stereocenters. The number of aromatic nitrogens is 4. The summed E-state index contributed by atoms with van der Waals surface area (Å²) in [6.07, 6.45) is -1.06. The van der Waals surface area contributed by atoms with E-state index in [9.17, 15) is 14.7 Å². The number of fused-ring (bicyclic) bond motifs is 1. The Balaban J connectivity index is 2.08. The summed E-state index contributed by atoms with van der Waals surface area (Å²) >= 11 is 0. The van der Waals surface area contributed by atoms with Crippen LogP contribution in [0.15, 0.2) is 39.9 Å². The van der Waals surface area contributed by atoms with Crippen LogP contribution in [0.1, 0.15) is 5.56 Å². The van der Waals surface area contributed by atoms with E-state index in [1.165, 1.54) is 16.2 Å². The lowest BCUT2D eigenvalue weighted by Crippen LogP contribution is -2.30. The van der Waals surface area contributed by atoms with Crippen molar-refractivity contribution in [2.24, 2.45) is 7.05 Å². The standard InChI is InChI=1S/C16H19N5O4/c1-20-13-12(14(24)19-16(20)25)21(8-11(23)9-22)15(18-13)17-7-10-5-3-2-4-6-10/h2-6,11,22-23H,7-9H2,1H3,(H,17,18)(H,19,24,25). The van der Waals surface area contributed by atoms with Gasteiger partial charge in [0.05, 0.1) is 19.3 Å². The van der Waals surface area contributed by atoms with Crippen molar-refractivity contribution in [3.8, 4) is 0 Å². The molecule has 9 heteroatoms. The van der Waals surface area contributed by atoms with Crippen LogP contribution < -0.4 is 16.6 Å². The molecule has 2 aromatic heterocycles. The van der Waals surface area contributed by atoms with Crippen LogP contribution >= 0.6 is 0 Å². The normalized spacial score (nSPS) is 12.4. The van der Waals surface area contributed by atoms with Crippen molar-refractivity contribution in [3.05, 3.63) is 56.7 Å². The summed E-state index contributed by atoms with van der Waals surface area (Å²) in [6.45, 7) is -0.0435. The van der Waals surface area contributed by atoms with E-state index in [-0.39, 0.29) is 17.7 Å². The molecule has 25 heavy (non-hydrogen) atoms. The van der Waals surface area contributed by atoms with Crippen LogP contribution in [0.4, 0.5) is 5.95 Å². The van der Waals surface area contributed by atoms with Crippen molar-refractivity contribution < 1.29 is 10.2 Å². The molecular formula is C16H19N5O4. The average molecular weight is 345 g/mol. The molecular weight excluding hydrogens is 326 g/mol. The van der Waals surface area contributed by atoms with Gasteiger partial charge < -0.3 is 20.1 Å². The summed E-state index contributed by atoms with van der Waals surface area (Å²) in [4.78, 5) is 30.6. The Labute approximate surface area is 142 Å². The summed E-state index contributed by atoms with van der Waals surface area (Å²) in [7, 11) is 1.50. The predicted molar refractivity (Wildman–Crippen MR) is 92.5 cm³/mol. The zero-order valence-corrected chi connectivity index (χ0v) is 13.6. The van der Waals surface area contributed by atoms with Gasteiger partial charge in [-0.05, 0) is 5.56 Å². The van der Waals surface area contributed by atoms with Crippen LogP contribution in [0, 0.1) is 0 Å². The van der Waals surface area contributed by atoms with E-state index in [4.69, 9.17) is 5.11 Å². The molecule has 9 nitrogen and oxygen atoms in total. The van der Waals surface area contributed by atoms with Gasteiger partial charge in [0, 0.05) is 13.6 Å². The lowest BCUT2D eigenvalue weighted by molar-refractivity contribution is 0.0825. The number of aromatic amines is 1. The van der Waals surface area contributed by atoms with Gasteiger partial charge in [0.25, 0.3) is 5.56 Å². The number of aryl methyl sites for hydroxylation is 1. The highest BCUT2D eigenvalue weighted by Crippen LogP contribution is 2.17. The molecule has 4 N–H and O–H groups in total. The van der Waals surface area contributed by atoms with Crippen molar-refractivity contribution in [1.29, 1.82) is 0 Å². The molecule has 3 rings (SSSR count). The summed E-state index contributed by atoms with van der Waals surface area (Å²) in [5, 5.41) is 22.0. The highest BCUT2D eigenvalue weighted by molar-refractivity contribution is 5.74. The molecule has 1 aromatic carbocycles. The number of aliphatic hydroxyl groups excluding tert-OH is 2. The highest BCUT2D eigenvalue weighted by atomic mass is 16.3. The summed E-state index contributed by atoms with van der Waals surface area (Å²) in [5.74, 6) is 0.332. The second kappa shape index (κ2) is 6.91. The van der Waals surface area contributed by atoms with Gasteiger partial charge in [-0.3, -0.25) is 14.3 Å². The first-order valence-electron chi connectivity index (χ1n) is 7.77. The molecule has 0 bridgehead atoms. The minimum absolute atomic E-state index is 0.0363. The molecule has 0 fully saturated rings. The van der Waals surface area contributed by atoms with Crippen LogP contribution in [0.25, 0.3) is 11.2 Å². The van der Waals surface area contributed by atoms with Gasteiger partial charge in [0.15, 0.2) is 11.2 Å². The minimum atomic E-state index is -1.06. The number of hydrogen-bond acceptors (Lipinski definition) is 6. The topological polar surface area (TPSA) is 125 Å². The van der Waals surface area contributed by atoms with Crippen LogP contribution in [-0.4, -0.2) is 42.0 Å². The molecule has 0 spiro atoms. The minimum Gasteiger partial charge on any atom is -0.394 e. The van der Waals surface area contributed by atoms with Gasteiger partial charge >= 0.3 is 5.69 Å². The summed E-state index contributed by atoms with van der Waals surface area (Å²) in [5.41, 5.74) is 0.203. The largest absolute Gasteiger partial charge is 0.394 e. The number of nitrogens with one attached hydrogen (secondary N) is 2. The molecule has 132 valence electrons. The van der Waals surface area contributed by atoms with Crippen molar-refractivity contribution in [2.75, 3.05) is 11.9 Å². The Morgan fingerprint density at radius 1 is 1.28 bits per heavy atom. The van der Waals surface area contributed by atoms with Crippen molar-refractivity contribution in [2.45, 2.75) is 19.2 Å². The molecule has 0 aliphatic heterocycles. The third-order valence-electron chi connectivity index (χ3n) is 3.90. The van der Waals surface area contributed by atoms with E-state index >= 15 is 0 Å². The fourth-order valence-corrected chi connectivity index (χ4v) is 2.59. The van der Waals surface area contributed by atoms with Crippen LogP contribution in [-0.2, 0) is 20.1 Å². The van der Waals surface area contributed by atoms with Gasteiger partial charge in [-0.1, -0.05) is 30.3 Å². The van der Waals surface area contributed by atoms with Crippen molar-refractivity contribution in [1.82, 2.24) is 19.1 Å². The maximum Gasteiger partial charge on any atom is 0.329 e. The van der Waals surface area contributed by atoms with E-state index in [1.807, 2.05) is 30.3 Å². The molecule has 0 saturated carbocycles. The van der Waals surface area contributed by atoms with Gasteiger partial charge in [-0.25, -0.2) is 4.79 Å². The first-order valence-corrected chi connectivity index (χ1v) is 7.77. The Bertz CT molecular complexity index is 989. The Morgan fingerprint density at radius 3 is 2.68 bits per heavy atom. The van der Waals surface area contributed by atoms with Gasteiger partial charge in [0.2, 0.25) is 5.95 Å². The van der Waals surface area contributed by atoms with E-state index < -0.39 is 24.0 Å². The first-order chi connectivity index (χ1) is 12.0. The number of hydrogen-bond donors (Lipinski definition) is 4. The number of nitrogens with zero attached hydrogens (tertiary/aromatic N) is 3. The number of benzene rings is 1. The van der Waals surface area contributed by atoms with Gasteiger partial charge in [0.1, 0.15) is 0 Å². The highest BCUT2D eigenvalue weighted by Gasteiger charge is 2.19. The third-order valence-corrected chi connectivity index (χ3v) is 3.90. The average Bonchev–Trinajstić information content (AvgIpc) is 2.97. The number of anilines is 1. The van der Waals surface area contributed by atoms with Crippen molar-refractivity contribution >= 4 is 17.1 Å². The van der Waals surface area contributed by atoms with Crippen LogP contribution in [0.2, 0.25) is 0 Å². The Hall–Kier alpha value is -2.91. The molecule has 0 saturated heterocycles. The molecule has 0 amide bonds. The summed E-state index contributed by atoms with van der Waals surface area (Å²) in [6, 6.07) is 9.59. The van der Waals surface area contributed by atoms with E-state index in [1.54, 1.807) is 0 Å². The molecule has 0 radical (unpaired) electrons.